The van der Waals surface area contributed by atoms with E-state index in [2.05, 4.69) is 65.2 Å². The van der Waals surface area contributed by atoms with Crippen LogP contribution < -0.4 is 10.2 Å². The van der Waals surface area contributed by atoms with Crippen molar-refractivity contribution in [2.24, 2.45) is 0 Å². The first-order valence-corrected chi connectivity index (χ1v) is 8.26. The van der Waals surface area contributed by atoms with Crippen molar-refractivity contribution in [2.75, 3.05) is 31.6 Å². The highest BCUT2D eigenvalue weighted by Gasteiger charge is 2.20. The van der Waals surface area contributed by atoms with Crippen LogP contribution >= 0.6 is 15.9 Å². The van der Waals surface area contributed by atoms with Gasteiger partial charge >= 0.3 is 0 Å². The molecule has 112 valence electrons. The van der Waals surface area contributed by atoms with E-state index in [1.54, 1.807) is 0 Å². The Morgan fingerprint density at radius 3 is 2.95 bits per heavy atom. The predicted octanol–water partition coefficient (Wildman–Crippen LogP) is 3.73. The Kier molecular flexibility index (Phi) is 5.87. The summed E-state index contributed by atoms with van der Waals surface area (Å²) in [7, 11) is 2.16. The minimum absolute atomic E-state index is 0.347. The molecule has 1 aromatic rings. The number of ether oxygens (including phenoxy) is 1. The third kappa shape index (κ3) is 3.96. The first-order valence-electron chi connectivity index (χ1n) is 7.47. The van der Waals surface area contributed by atoms with Crippen LogP contribution in [0.25, 0.3) is 0 Å². The molecule has 3 nitrogen and oxygen atoms in total. The summed E-state index contributed by atoms with van der Waals surface area (Å²) in [4.78, 5) is 2.33. The summed E-state index contributed by atoms with van der Waals surface area (Å²) in [5, 5.41) is 3.50. The van der Waals surface area contributed by atoms with Crippen LogP contribution in [0.5, 0.6) is 0 Å². The van der Waals surface area contributed by atoms with E-state index >= 15 is 0 Å². The lowest BCUT2D eigenvalue weighted by atomic mass is 10.0. The zero-order valence-electron chi connectivity index (χ0n) is 12.7. The highest BCUT2D eigenvalue weighted by molar-refractivity contribution is 9.10. The Hall–Kier alpha value is -0.580. The van der Waals surface area contributed by atoms with Crippen LogP contribution in [0.1, 0.15) is 38.3 Å². The van der Waals surface area contributed by atoms with E-state index in [-0.39, 0.29) is 0 Å². The van der Waals surface area contributed by atoms with Gasteiger partial charge in [0.1, 0.15) is 0 Å². The van der Waals surface area contributed by atoms with Crippen molar-refractivity contribution in [1.29, 1.82) is 0 Å². The highest BCUT2D eigenvalue weighted by Crippen LogP contribution is 2.29. The van der Waals surface area contributed by atoms with Gasteiger partial charge in [-0.15, -0.1) is 0 Å². The smallest absolute Gasteiger partial charge is 0.0750 e. The van der Waals surface area contributed by atoms with Crippen molar-refractivity contribution in [3.05, 3.63) is 28.2 Å². The summed E-state index contributed by atoms with van der Waals surface area (Å²) in [5.41, 5.74) is 2.62. The van der Waals surface area contributed by atoms with Gasteiger partial charge in [-0.3, -0.25) is 0 Å². The van der Waals surface area contributed by atoms with Crippen LogP contribution in [-0.2, 0) is 4.74 Å². The summed E-state index contributed by atoms with van der Waals surface area (Å²) < 4.78 is 6.88. The lowest BCUT2D eigenvalue weighted by Crippen LogP contribution is -2.30. The van der Waals surface area contributed by atoms with Crippen LogP contribution in [-0.4, -0.2) is 32.8 Å². The Bertz CT molecular complexity index is 432. The molecule has 1 N–H and O–H groups in total. The van der Waals surface area contributed by atoms with Crippen LogP contribution in [0.4, 0.5) is 5.69 Å². The third-order valence-corrected chi connectivity index (χ3v) is 4.37. The molecule has 4 heteroatoms. The fourth-order valence-corrected chi connectivity index (χ4v) is 3.21. The Labute approximate surface area is 130 Å². The second-order valence-corrected chi connectivity index (χ2v) is 6.41. The van der Waals surface area contributed by atoms with E-state index in [9.17, 15) is 0 Å². The molecular weight excluding hydrogens is 316 g/mol. The molecular formula is C16H25BrN2O. The molecule has 0 bridgehead atoms. The number of likely N-dealkylation sites (N-methyl/N-ethyl adjacent to an activating group) is 1. The SMILES string of the molecule is CCNC(C)c1cc(Br)ccc1N(C)CC1CCCO1. The molecule has 1 aromatic carbocycles. The molecule has 1 aliphatic rings. The number of nitrogens with zero attached hydrogens (tertiary/aromatic N) is 1. The molecule has 0 aliphatic carbocycles. The Balaban J connectivity index is 2.15. The van der Waals surface area contributed by atoms with Crippen LogP contribution in [0.3, 0.4) is 0 Å². The van der Waals surface area contributed by atoms with Crippen molar-refractivity contribution in [3.8, 4) is 0 Å². The molecule has 2 unspecified atom stereocenters. The molecule has 0 radical (unpaired) electrons. The van der Waals surface area contributed by atoms with E-state index in [4.69, 9.17) is 4.74 Å². The average Bonchev–Trinajstić information content (AvgIpc) is 2.91. The van der Waals surface area contributed by atoms with Gasteiger partial charge in [0.2, 0.25) is 0 Å². The van der Waals surface area contributed by atoms with Gasteiger partial charge < -0.3 is 15.0 Å². The normalized spacial score (nSPS) is 20.1. The van der Waals surface area contributed by atoms with Crippen LogP contribution in [0.2, 0.25) is 0 Å². The van der Waals surface area contributed by atoms with E-state index in [1.165, 1.54) is 24.1 Å². The summed E-state index contributed by atoms with van der Waals surface area (Å²) in [5.74, 6) is 0. The average molecular weight is 341 g/mol. The van der Waals surface area contributed by atoms with Gasteiger partial charge in [0.05, 0.1) is 6.10 Å². The van der Waals surface area contributed by atoms with E-state index in [0.717, 1.165) is 24.2 Å². The van der Waals surface area contributed by atoms with Gasteiger partial charge in [-0.25, -0.2) is 0 Å². The van der Waals surface area contributed by atoms with Gasteiger partial charge in [-0.1, -0.05) is 22.9 Å². The zero-order valence-corrected chi connectivity index (χ0v) is 14.2. The van der Waals surface area contributed by atoms with Crippen LogP contribution in [0, 0.1) is 0 Å². The molecule has 20 heavy (non-hydrogen) atoms. The molecule has 2 rings (SSSR count). The molecule has 0 aromatic heterocycles. The van der Waals surface area contributed by atoms with Gasteiger partial charge in [0.25, 0.3) is 0 Å². The summed E-state index contributed by atoms with van der Waals surface area (Å²) >= 11 is 3.58. The lowest BCUT2D eigenvalue weighted by Gasteiger charge is -2.27. The van der Waals surface area contributed by atoms with Crippen molar-refractivity contribution in [1.82, 2.24) is 5.32 Å². The maximum Gasteiger partial charge on any atom is 0.0750 e. The van der Waals surface area contributed by atoms with Gasteiger partial charge in [-0.2, -0.15) is 0 Å². The molecule has 0 spiro atoms. The van der Waals surface area contributed by atoms with E-state index in [0.29, 0.717) is 12.1 Å². The van der Waals surface area contributed by atoms with Crippen molar-refractivity contribution in [2.45, 2.75) is 38.8 Å². The molecule has 1 heterocycles. The molecule has 1 fully saturated rings. The molecule has 1 saturated heterocycles. The number of halogens is 1. The van der Waals surface area contributed by atoms with Gasteiger partial charge in [0.15, 0.2) is 0 Å². The third-order valence-electron chi connectivity index (χ3n) is 3.88. The Morgan fingerprint density at radius 2 is 2.30 bits per heavy atom. The minimum atomic E-state index is 0.347. The van der Waals surface area contributed by atoms with Crippen molar-refractivity contribution in [3.63, 3.8) is 0 Å². The zero-order chi connectivity index (χ0) is 14.5. The number of anilines is 1. The molecule has 2 atom stereocenters. The number of nitrogens with one attached hydrogen (secondary N) is 1. The topological polar surface area (TPSA) is 24.5 Å². The molecule has 0 amide bonds. The maximum atomic E-state index is 5.75. The highest BCUT2D eigenvalue weighted by atomic mass is 79.9. The quantitative estimate of drug-likeness (QED) is 0.853. The second-order valence-electron chi connectivity index (χ2n) is 5.50. The first kappa shape index (κ1) is 15.8. The summed E-state index contributed by atoms with van der Waals surface area (Å²) in [6.07, 6.45) is 2.75. The fourth-order valence-electron chi connectivity index (χ4n) is 2.83. The van der Waals surface area contributed by atoms with Gasteiger partial charge in [-0.05, 0) is 50.1 Å². The standard InChI is InChI=1S/C16H25BrN2O/c1-4-18-12(2)15-10-13(17)7-8-16(15)19(3)11-14-6-5-9-20-14/h7-8,10,12,14,18H,4-6,9,11H2,1-3H3. The monoisotopic (exact) mass is 340 g/mol. The van der Waals surface area contributed by atoms with Crippen molar-refractivity contribution < 1.29 is 4.74 Å². The summed E-state index contributed by atoms with van der Waals surface area (Å²) in [6.45, 7) is 7.22. The molecule has 1 aliphatic heterocycles. The largest absolute Gasteiger partial charge is 0.376 e. The number of rotatable bonds is 6. The van der Waals surface area contributed by atoms with E-state index in [1.807, 2.05) is 0 Å². The number of hydrogen-bond donors (Lipinski definition) is 1. The fraction of sp³-hybridized carbons (Fsp3) is 0.625. The molecule has 0 saturated carbocycles. The summed E-state index contributed by atoms with van der Waals surface area (Å²) in [6, 6.07) is 6.87. The number of benzene rings is 1. The van der Waals surface area contributed by atoms with Gasteiger partial charge in [0, 0.05) is 36.4 Å². The second kappa shape index (κ2) is 7.43. The van der Waals surface area contributed by atoms with Crippen LogP contribution in [0.15, 0.2) is 22.7 Å². The predicted molar refractivity (Wildman–Crippen MR) is 88.5 cm³/mol. The minimum Gasteiger partial charge on any atom is -0.376 e. The maximum absolute atomic E-state index is 5.75. The lowest BCUT2D eigenvalue weighted by molar-refractivity contribution is 0.116. The number of hydrogen-bond acceptors (Lipinski definition) is 3. The van der Waals surface area contributed by atoms with E-state index < -0.39 is 0 Å². The van der Waals surface area contributed by atoms with Crippen molar-refractivity contribution >= 4 is 21.6 Å². The first-order chi connectivity index (χ1) is 9.61. The Morgan fingerprint density at radius 1 is 1.50 bits per heavy atom.